The minimum Gasteiger partial charge on any atom is -0.343 e. The van der Waals surface area contributed by atoms with E-state index in [4.69, 9.17) is 0 Å². The van der Waals surface area contributed by atoms with Crippen LogP contribution in [0.15, 0.2) is 24.3 Å². The highest BCUT2D eigenvalue weighted by Crippen LogP contribution is 2.66. The van der Waals surface area contributed by atoms with Gasteiger partial charge in [0.15, 0.2) is 5.78 Å². The van der Waals surface area contributed by atoms with Gasteiger partial charge in [0.1, 0.15) is 5.54 Å². The number of carbonyl (C=O) groups excluding carboxylic acids is 2. The molecule has 204 valence electrons. The van der Waals surface area contributed by atoms with Gasteiger partial charge in [-0.15, -0.1) is 0 Å². The zero-order chi connectivity index (χ0) is 26.6. The van der Waals surface area contributed by atoms with E-state index in [0.717, 1.165) is 51.6 Å². The maximum atomic E-state index is 14.1. The van der Waals surface area contributed by atoms with Crippen LogP contribution in [0.5, 0.6) is 0 Å². The van der Waals surface area contributed by atoms with Gasteiger partial charge in [-0.05, 0) is 68.0 Å². The van der Waals surface area contributed by atoms with E-state index in [1.54, 1.807) is 0 Å². The molecule has 1 spiro atoms. The van der Waals surface area contributed by atoms with Gasteiger partial charge < -0.3 is 5.32 Å². The fourth-order valence-corrected chi connectivity index (χ4v) is 8.43. The number of amides is 1. The third kappa shape index (κ3) is 4.89. The molecule has 0 radical (unpaired) electrons. The van der Waals surface area contributed by atoms with E-state index in [1.807, 2.05) is 6.92 Å². The van der Waals surface area contributed by atoms with Crippen LogP contribution in [-0.4, -0.2) is 55.9 Å². The van der Waals surface area contributed by atoms with E-state index in [0.29, 0.717) is 25.3 Å². The molecule has 2 N–H and O–H groups in total. The molecule has 37 heavy (non-hydrogen) atoms. The Morgan fingerprint density at radius 1 is 1.08 bits per heavy atom. The number of aryl methyl sites for hydroxylation is 1. The smallest absolute Gasteiger partial charge is 0.227 e. The standard InChI is InChI=1S/C29H43N3O4S/c1-20(2)23-16-29(23,25(33)19-32-15-9-12-21-10-5-6-11-22(21)18-32)30-26(34)27(3)13-7-8-14-28(27)17-24(28)31-37(4,35)36/h5-6,10-11,20,23-24,31H,7-9,12-19H2,1-4H3,(H,30,34)/t23-,24?,27?,28?,29+/m0/s1. The Kier molecular flexibility index (Phi) is 6.85. The van der Waals surface area contributed by atoms with Gasteiger partial charge in [-0.25, -0.2) is 13.1 Å². The van der Waals surface area contributed by atoms with Crippen LogP contribution >= 0.6 is 0 Å². The lowest BCUT2D eigenvalue weighted by atomic mass is 9.63. The Morgan fingerprint density at radius 3 is 2.46 bits per heavy atom. The van der Waals surface area contributed by atoms with Crippen molar-refractivity contribution < 1.29 is 18.0 Å². The van der Waals surface area contributed by atoms with Crippen LogP contribution in [0.3, 0.4) is 0 Å². The van der Waals surface area contributed by atoms with Gasteiger partial charge in [-0.2, -0.15) is 0 Å². The van der Waals surface area contributed by atoms with E-state index in [2.05, 4.69) is 53.1 Å². The summed E-state index contributed by atoms with van der Waals surface area (Å²) in [6.45, 7) is 8.24. The highest BCUT2D eigenvalue weighted by atomic mass is 32.2. The van der Waals surface area contributed by atoms with Crippen molar-refractivity contribution in [2.24, 2.45) is 22.7 Å². The molecule has 0 bridgehead atoms. The van der Waals surface area contributed by atoms with E-state index >= 15 is 0 Å². The fourth-order valence-electron chi connectivity index (χ4n) is 7.60. The third-order valence-electron chi connectivity index (χ3n) is 10.0. The maximum Gasteiger partial charge on any atom is 0.227 e. The number of rotatable bonds is 8. The van der Waals surface area contributed by atoms with E-state index in [-0.39, 0.29) is 29.1 Å². The van der Waals surface area contributed by atoms with Gasteiger partial charge in [0.2, 0.25) is 15.9 Å². The number of carbonyl (C=O) groups is 2. The molecule has 1 aromatic rings. The predicted molar refractivity (Wildman–Crippen MR) is 144 cm³/mol. The first kappa shape index (κ1) is 26.8. The highest BCUT2D eigenvalue weighted by Gasteiger charge is 2.70. The van der Waals surface area contributed by atoms with Crippen LogP contribution in [0, 0.1) is 22.7 Å². The summed E-state index contributed by atoms with van der Waals surface area (Å²) in [7, 11) is -3.35. The van der Waals surface area contributed by atoms with Crippen molar-refractivity contribution in [1.82, 2.24) is 14.9 Å². The topological polar surface area (TPSA) is 95.6 Å². The highest BCUT2D eigenvalue weighted by molar-refractivity contribution is 7.88. The first-order valence-corrected chi connectivity index (χ1v) is 15.9. The largest absolute Gasteiger partial charge is 0.343 e. The Bertz CT molecular complexity index is 1180. The molecule has 1 heterocycles. The third-order valence-corrected chi connectivity index (χ3v) is 10.7. The second-order valence-electron chi connectivity index (χ2n) is 12.8. The van der Waals surface area contributed by atoms with Gasteiger partial charge in [0, 0.05) is 18.0 Å². The van der Waals surface area contributed by atoms with Crippen molar-refractivity contribution in [3.8, 4) is 0 Å². The second-order valence-corrected chi connectivity index (χ2v) is 14.6. The van der Waals surface area contributed by atoms with Crippen molar-refractivity contribution in [2.75, 3.05) is 19.3 Å². The summed E-state index contributed by atoms with van der Waals surface area (Å²) in [4.78, 5) is 30.3. The first-order valence-electron chi connectivity index (χ1n) is 14.0. The molecule has 3 aliphatic carbocycles. The predicted octanol–water partition coefficient (Wildman–Crippen LogP) is 3.42. The van der Waals surface area contributed by atoms with Crippen LogP contribution in [0.4, 0.5) is 0 Å². The quantitative estimate of drug-likeness (QED) is 0.538. The molecule has 5 atom stereocenters. The molecule has 0 saturated heterocycles. The number of benzene rings is 1. The number of hydrogen-bond donors (Lipinski definition) is 2. The Hall–Kier alpha value is -1.77. The molecular weight excluding hydrogens is 486 g/mol. The Balaban J connectivity index is 1.34. The zero-order valence-electron chi connectivity index (χ0n) is 22.8. The van der Waals surface area contributed by atoms with Gasteiger partial charge in [0.05, 0.1) is 18.2 Å². The van der Waals surface area contributed by atoms with Gasteiger partial charge >= 0.3 is 0 Å². The van der Waals surface area contributed by atoms with Crippen LogP contribution in [0.1, 0.15) is 76.8 Å². The molecule has 3 saturated carbocycles. The molecule has 7 nitrogen and oxygen atoms in total. The molecule has 8 heteroatoms. The van der Waals surface area contributed by atoms with Gasteiger partial charge in [-0.1, -0.05) is 57.9 Å². The zero-order valence-corrected chi connectivity index (χ0v) is 23.6. The first-order chi connectivity index (χ1) is 17.4. The molecule has 1 amide bonds. The van der Waals surface area contributed by atoms with Crippen LogP contribution in [0.2, 0.25) is 0 Å². The van der Waals surface area contributed by atoms with Gasteiger partial charge in [0.25, 0.3) is 0 Å². The summed E-state index contributed by atoms with van der Waals surface area (Å²) < 4.78 is 26.7. The lowest BCUT2D eigenvalue weighted by Crippen LogP contribution is -2.57. The summed E-state index contributed by atoms with van der Waals surface area (Å²) in [5, 5.41) is 3.32. The summed E-state index contributed by atoms with van der Waals surface area (Å²) in [5.74, 6) is 0.481. The summed E-state index contributed by atoms with van der Waals surface area (Å²) >= 11 is 0. The fraction of sp³-hybridized carbons (Fsp3) is 0.724. The number of nitrogens with one attached hydrogen (secondary N) is 2. The SMILES string of the molecule is CC(C)[C@@H]1C[C@]1(NC(=O)C1(C)CCCCC12CC2NS(C)(=O)=O)C(=O)CN1CCCc2ccccc2C1. The number of nitrogens with zero attached hydrogens (tertiary/aromatic N) is 1. The number of ketones is 1. The molecule has 5 rings (SSSR count). The lowest BCUT2D eigenvalue weighted by molar-refractivity contribution is -0.141. The monoisotopic (exact) mass is 529 g/mol. The van der Waals surface area contributed by atoms with Crippen LogP contribution < -0.4 is 10.0 Å². The average Bonchev–Trinajstić information content (AvgIpc) is 3.72. The van der Waals surface area contributed by atoms with Crippen molar-refractivity contribution in [1.29, 1.82) is 0 Å². The van der Waals surface area contributed by atoms with Crippen molar-refractivity contribution >= 4 is 21.7 Å². The molecule has 3 fully saturated rings. The minimum atomic E-state index is -3.35. The number of hydrogen-bond acceptors (Lipinski definition) is 5. The maximum absolute atomic E-state index is 14.1. The summed E-state index contributed by atoms with van der Waals surface area (Å²) in [6, 6.07) is 8.27. The Morgan fingerprint density at radius 2 is 1.78 bits per heavy atom. The summed E-state index contributed by atoms with van der Waals surface area (Å²) in [5.41, 5.74) is 0.792. The molecule has 3 unspecified atom stereocenters. The molecular formula is C29H43N3O4S. The number of Topliss-reactive ketones (excluding diaryl/α,β-unsaturated/α-hetero) is 1. The van der Waals surface area contributed by atoms with Crippen molar-refractivity contribution in [3.63, 3.8) is 0 Å². The number of fused-ring (bicyclic) bond motifs is 1. The van der Waals surface area contributed by atoms with Crippen molar-refractivity contribution in [3.05, 3.63) is 35.4 Å². The number of sulfonamides is 1. The van der Waals surface area contributed by atoms with Crippen LogP contribution in [-0.2, 0) is 32.6 Å². The normalized spacial score (nSPS) is 35.6. The van der Waals surface area contributed by atoms with Crippen LogP contribution in [0.25, 0.3) is 0 Å². The average molecular weight is 530 g/mol. The second kappa shape index (κ2) is 9.45. The molecule has 1 aromatic carbocycles. The minimum absolute atomic E-state index is 0.0669. The van der Waals surface area contributed by atoms with E-state index in [1.165, 1.54) is 17.4 Å². The molecule has 0 aromatic heterocycles. The van der Waals surface area contributed by atoms with E-state index in [9.17, 15) is 18.0 Å². The molecule has 1 aliphatic heterocycles. The Labute approximate surface area is 222 Å². The van der Waals surface area contributed by atoms with E-state index < -0.39 is 21.0 Å². The molecule has 4 aliphatic rings. The van der Waals surface area contributed by atoms with Crippen molar-refractivity contribution in [2.45, 2.75) is 90.3 Å². The van der Waals surface area contributed by atoms with Gasteiger partial charge in [-0.3, -0.25) is 14.5 Å². The summed E-state index contributed by atoms with van der Waals surface area (Å²) in [6.07, 6.45) is 8.11. The lowest BCUT2D eigenvalue weighted by Gasteiger charge is -2.43.